The van der Waals surface area contributed by atoms with Gasteiger partial charge < -0.3 is 24.7 Å². The van der Waals surface area contributed by atoms with Crippen LogP contribution in [0.5, 0.6) is 5.75 Å². The van der Waals surface area contributed by atoms with Gasteiger partial charge in [0.2, 0.25) is 5.95 Å². The van der Waals surface area contributed by atoms with Crippen molar-refractivity contribution in [2.45, 2.75) is 0 Å². The fourth-order valence-electron chi connectivity index (χ4n) is 3.74. The molecular formula is C23H21ClN6O3. The normalized spacial score (nSPS) is 14.0. The van der Waals surface area contributed by atoms with Crippen molar-refractivity contribution in [2.75, 3.05) is 43.4 Å². The van der Waals surface area contributed by atoms with Gasteiger partial charge in [-0.15, -0.1) is 0 Å². The van der Waals surface area contributed by atoms with Gasteiger partial charge in [0.05, 0.1) is 23.7 Å². The quantitative estimate of drug-likeness (QED) is 0.479. The van der Waals surface area contributed by atoms with Gasteiger partial charge in [0.15, 0.2) is 12.4 Å². The molecule has 10 heteroatoms. The van der Waals surface area contributed by atoms with Crippen molar-refractivity contribution in [3.8, 4) is 17.0 Å². The molecule has 0 atom stereocenters. The van der Waals surface area contributed by atoms with Crippen LogP contribution in [0, 0.1) is 0 Å². The highest BCUT2D eigenvalue weighted by molar-refractivity contribution is 6.30. The number of hydrogen-bond acceptors (Lipinski definition) is 8. The van der Waals surface area contributed by atoms with Gasteiger partial charge in [0.1, 0.15) is 11.3 Å². The number of rotatable bonds is 5. The molecule has 1 saturated heterocycles. The van der Waals surface area contributed by atoms with Crippen molar-refractivity contribution >= 4 is 40.3 Å². The Bertz CT molecular complexity index is 1270. The zero-order valence-corrected chi connectivity index (χ0v) is 18.4. The molecule has 1 aromatic carbocycles. The first-order chi connectivity index (χ1) is 16.1. The van der Waals surface area contributed by atoms with E-state index in [4.69, 9.17) is 31.5 Å². The topological polar surface area (TPSA) is 111 Å². The van der Waals surface area contributed by atoms with Crippen LogP contribution in [0.3, 0.4) is 0 Å². The number of nitrogens with two attached hydrogens (primary N) is 1. The number of anilines is 2. The van der Waals surface area contributed by atoms with Crippen LogP contribution in [-0.4, -0.2) is 58.5 Å². The molecule has 1 amide bonds. The van der Waals surface area contributed by atoms with E-state index in [0.717, 1.165) is 11.3 Å². The van der Waals surface area contributed by atoms with Gasteiger partial charge in [-0.2, -0.15) is 4.98 Å². The molecule has 0 spiro atoms. The molecule has 1 fully saturated rings. The van der Waals surface area contributed by atoms with E-state index in [2.05, 4.69) is 14.9 Å². The summed E-state index contributed by atoms with van der Waals surface area (Å²) in [4.78, 5) is 30.0. The summed E-state index contributed by atoms with van der Waals surface area (Å²) in [6.07, 6.45) is 3.25. The molecule has 1 aliphatic rings. The fourth-order valence-corrected chi connectivity index (χ4v) is 3.87. The maximum absolute atomic E-state index is 12.6. The van der Waals surface area contributed by atoms with Gasteiger partial charge in [-0.3, -0.25) is 4.79 Å². The molecule has 0 aliphatic carbocycles. The number of piperazine rings is 1. The number of furan rings is 1. The third-order valence-electron chi connectivity index (χ3n) is 5.47. The lowest BCUT2D eigenvalue weighted by molar-refractivity contribution is -0.133. The van der Waals surface area contributed by atoms with Crippen LogP contribution < -0.4 is 15.4 Å². The molecule has 3 aromatic heterocycles. The van der Waals surface area contributed by atoms with Gasteiger partial charge in [-0.1, -0.05) is 11.6 Å². The number of carbonyl (C=O) groups excluding carboxylic acids is 1. The number of amides is 1. The van der Waals surface area contributed by atoms with Crippen LogP contribution in [0.15, 0.2) is 59.4 Å². The predicted molar refractivity (Wildman–Crippen MR) is 125 cm³/mol. The Morgan fingerprint density at radius 2 is 1.82 bits per heavy atom. The van der Waals surface area contributed by atoms with Crippen LogP contribution in [0.2, 0.25) is 5.02 Å². The second kappa shape index (κ2) is 8.95. The first-order valence-corrected chi connectivity index (χ1v) is 10.8. The maximum atomic E-state index is 12.6. The van der Waals surface area contributed by atoms with Crippen molar-refractivity contribution in [2.24, 2.45) is 0 Å². The number of nitrogens with zero attached hydrogens (tertiary/aromatic N) is 5. The zero-order chi connectivity index (χ0) is 22.8. The SMILES string of the molecule is Nc1nc(N2CCN(C(=O)COc3ccc(Cl)cc3)CC2)c2nc(-c3ccoc3)ccc2n1. The van der Waals surface area contributed by atoms with Gasteiger partial charge in [-0.05, 0) is 42.5 Å². The molecule has 1 aliphatic heterocycles. The summed E-state index contributed by atoms with van der Waals surface area (Å²) in [6, 6.07) is 12.5. The van der Waals surface area contributed by atoms with Crippen molar-refractivity contribution in [3.63, 3.8) is 0 Å². The summed E-state index contributed by atoms with van der Waals surface area (Å²) < 4.78 is 10.8. The third-order valence-corrected chi connectivity index (χ3v) is 5.72. The standard InChI is InChI=1S/C23H21ClN6O3/c24-16-1-3-17(4-2-16)33-14-20(31)29-8-10-30(11-9-29)22-21-19(27-23(25)28-22)6-5-18(26-21)15-7-12-32-13-15/h1-7,12-13H,8-11,14H2,(H2,25,27,28). The van der Waals surface area contributed by atoms with E-state index in [1.807, 2.05) is 18.2 Å². The summed E-state index contributed by atoms with van der Waals surface area (Å²) in [5, 5.41) is 0.619. The van der Waals surface area contributed by atoms with Crippen LogP contribution in [0.25, 0.3) is 22.3 Å². The number of nitrogen functional groups attached to an aromatic ring is 1. The molecule has 0 bridgehead atoms. The highest BCUT2D eigenvalue weighted by Crippen LogP contribution is 2.27. The summed E-state index contributed by atoms with van der Waals surface area (Å²) in [7, 11) is 0. The number of benzene rings is 1. The van der Waals surface area contributed by atoms with E-state index in [1.54, 1.807) is 41.7 Å². The Balaban J connectivity index is 1.29. The molecule has 9 nitrogen and oxygen atoms in total. The lowest BCUT2D eigenvalue weighted by atomic mass is 10.2. The Kier molecular flexibility index (Phi) is 5.70. The summed E-state index contributed by atoms with van der Waals surface area (Å²) in [5.74, 6) is 1.38. The summed E-state index contributed by atoms with van der Waals surface area (Å²) >= 11 is 5.88. The third kappa shape index (κ3) is 4.54. The number of ether oxygens (including phenoxy) is 1. The van der Waals surface area contributed by atoms with Gasteiger partial charge >= 0.3 is 0 Å². The van der Waals surface area contributed by atoms with Crippen LogP contribution in [0.4, 0.5) is 11.8 Å². The summed E-state index contributed by atoms with van der Waals surface area (Å²) in [5.41, 5.74) is 8.92. The minimum atomic E-state index is -0.0722. The highest BCUT2D eigenvalue weighted by Gasteiger charge is 2.24. The van der Waals surface area contributed by atoms with E-state index >= 15 is 0 Å². The van der Waals surface area contributed by atoms with Crippen molar-refractivity contribution in [3.05, 3.63) is 60.0 Å². The monoisotopic (exact) mass is 464 g/mol. The molecule has 5 rings (SSSR count). The van der Waals surface area contributed by atoms with Crippen LogP contribution in [0.1, 0.15) is 0 Å². The first-order valence-electron chi connectivity index (χ1n) is 10.4. The van der Waals surface area contributed by atoms with E-state index in [9.17, 15) is 4.79 Å². The number of fused-ring (bicyclic) bond motifs is 1. The molecule has 33 heavy (non-hydrogen) atoms. The van der Waals surface area contributed by atoms with Crippen molar-refractivity contribution < 1.29 is 13.9 Å². The second-order valence-corrected chi connectivity index (χ2v) is 8.03. The van der Waals surface area contributed by atoms with Gasteiger partial charge in [0, 0.05) is 36.8 Å². The molecule has 4 aromatic rings. The number of pyridine rings is 1. The lowest BCUT2D eigenvalue weighted by Gasteiger charge is -2.35. The first kappa shape index (κ1) is 21.0. The summed E-state index contributed by atoms with van der Waals surface area (Å²) in [6.45, 7) is 2.23. The number of hydrogen-bond donors (Lipinski definition) is 1. The minimum Gasteiger partial charge on any atom is -0.484 e. The van der Waals surface area contributed by atoms with Gasteiger partial charge in [-0.25, -0.2) is 9.97 Å². The second-order valence-electron chi connectivity index (χ2n) is 7.59. The average molecular weight is 465 g/mol. The van der Waals surface area contributed by atoms with Crippen LogP contribution in [-0.2, 0) is 4.79 Å². The smallest absolute Gasteiger partial charge is 0.260 e. The Morgan fingerprint density at radius 3 is 2.55 bits per heavy atom. The zero-order valence-electron chi connectivity index (χ0n) is 17.6. The van der Waals surface area contributed by atoms with Crippen molar-refractivity contribution in [1.82, 2.24) is 19.9 Å². The van der Waals surface area contributed by atoms with Crippen LogP contribution >= 0.6 is 11.6 Å². The Labute approximate surface area is 194 Å². The molecule has 2 N–H and O–H groups in total. The Hall–Kier alpha value is -3.85. The van der Waals surface area contributed by atoms with E-state index in [-0.39, 0.29) is 18.5 Å². The molecule has 0 radical (unpaired) electrons. The molecule has 168 valence electrons. The molecule has 0 unspecified atom stereocenters. The molecule has 4 heterocycles. The number of halogens is 1. The minimum absolute atomic E-state index is 0.0271. The fraction of sp³-hybridized carbons (Fsp3) is 0.217. The average Bonchev–Trinajstić information content (AvgIpc) is 3.38. The highest BCUT2D eigenvalue weighted by atomic mass is 35.5. The van der Waals surface area contributed by atoms with E-state index in [0.29, 0.717) is 53.8 Å². The van der Waals surface area contributed by atoms with Gasteiger partial charge in [0.25, 0.3) is 5.91 Å². The predicted octanol–water partition coefficient (Wildman–Crippen LogP) is 3.25. The molecular weight excluding hydrogens is 444 g/mol. The van der Waals surface area contributed by atoms with Crippen molar-refractivity contribution in [1.29, 1.82) is 0 Å². The number of aromatic nitrogens is 3. The maximum Gasteiger partial charge on any atom is 0.260 e. The van der Waals surface area contributed by atoms with E-state index in [1.165, 1.54) is 0 Å². The number of carbonyl (C=O) groups is 1. The van der Waals surface area contributed by atoms with E-state index < -0.39 is 0 Å². The molecule has 0 saturated carbocycles. The largest absolute Gasteiger partial charge is 0.484 e. The Morgan fingerprint density at radius 1 is 1.03 bits per heavy atom. The lowest BCUT2D eigenvalue weighted by Crippen LogP contribution is -2.50.